The van der Waals surface area contributed by atoms with Gasteiger partial charge in [-0.15, -0.1) is 11.3 Å². The lowest BCUT2D eigenvalue weighted by atomic mass is 10.1. The molecule has 1 aromatic heterocycles. The van der Waals surface area contributed by atoms with Gasteiger partial charge in [0, 0.05) is 15.8 Å². The number of nitrogens with one attached hydrogen (secondary N) is 1. The zero-order chi connectivity index (χ0) is 17.3. The summed E-state index contributed by atoms with van der Waals surface area (Å²) in [7, 11) is 1.30. The molecule has 1 heterocycles. The van der Waals surface area contributed by atoms with Gasteiger partial charge in [-0.2, -0.15) is 0 Å². The first-order valence-corrected chi connectivity index (χ1v) is 8.00. The Balaban J connectivity index is 1.92. The molecule has 1 amide bonds. The number of fused-ring (bicyclic) bond motifs is 1. The van der Waals surface area contributed by atoms with Gasteiger partial charge in [-0.1, -0.05) is 12.1 Å². The van der Waals surface area contributed by atoms with Gasteiger partial charge in [0.15, 0.2) is 0 Å². The van der Waals surface area contributed by atoms with Crippen molar-refractivity contribution < 1.29 is 18.7 Å². The van der Waals surface area contributed by atoms with E-state index in [1.807, 2.05) is 0 Å². The van der Waals surface area contributed by atoms with Crippen molar-refractivity contribution in [1.82, 2.24) is 0 Å². The number of hydrogen-bond acceptors (Lipinski definition) is 4. The summed E-state index contributed by atoms with van der Waals surface area (Å²) in [6.45, 7) is 1.73. The normalized spacial score (nSPS) is 10.6. The first-order valence-electron chi connectivity index (χ1n) is 7.18. The smallest absolute Gasteiger partial charge is 0.338 e. The quantitative estimate of drug-likeness (QED) is 0.718. The van der Waals surface area contributed by atoms with Crippen LogP contribution in [0.25, 0.3) is 10.1 Å². The second-order valence-corrected chi connectivity index (χ2v) is 6.27. The highest BCUT2D eigenvalue weighted by Crippen LogP contribution is 2.29. The summed E-state index contributed by atoms with van der Waals surface area (Å²) in [5.74, 6) is -1.17. The number of rotatable bonds is 3. The summed E-state index contributed by atoms with van der Waals surface area (Å²) >= 11 is 1.22. The molecule has 0 aliphatic heterocycles. The van der Waals surface area contributed by atoms with Crippen molar-refractivity contribution in [3.05, 3.63) is 64.3 Å². The van der Waals surface area contributed by atoms with Crippen LogP contribution in [0.4, 0.5) is 10.1 Å². The van der Waals surface area contributed by atoms with Crippen molar-refractivity contribution in [2.24, 2.45) is 0 Å². The monoisotopic (exact) mass is 343 g/mol. The van der Waals surface area contributed by atoms with Gasteiger partial charge in [-0.25, -0.2) is 9.18 Å². The third-order valence-corrected chi connectivity index (χ3v) is 4.82. The minimum atomic E-state index is -0.465. The maximum absolute atomic E-state index is 13.8. The minimum absolute atomic E-state index is 0.347. The van der Waals surface area contributed by atoms with Crippen LogP contribution in [-0.4, -0.2) is 19.0 Å². The average Bonchev–Trinajstić information content (AvgIpc) is 3.02. The van der Waals surface area contributed by atoms with Crippen molar-refractivity contribution in [3.63, 3.8) is 0 Å². The van der Waals surface area contributed by atoms with E-state index in [0.717, 1.165) is 0 Å². The van der Waals surface area contributed by atoms with Gasteiger partial charge in [-0.3, -0.25) is 4.79 Å². The lowest BCUT2D eigenvalue weighted by molar-refractivity contribution is 0.0599. The van der Waals surface area contributed by atoms with Crippen LogP contribution in [-0.2, 0) is 4.74 Å². The molecule has 0 spiro atoms. The Hall–Kier alpha value is -2.73. The Bertz CT molecular complexity index is 949. The molecule has 0 unspecified atom stereocenters. The zero-order valence-electron chi connectivity index (χ0n) is 13.1. The molecular formula is C18H14FNO3S. The highest BCUT2D eigenvalue weighted by Gasteiger charge is 2.16. The van der Waals surface area contributed by atoms with E-state index < -0.39 is 5.97 Å². The molecule has 6 heteroatoms. The summed E-state index contributed by atoms with van der Waals surface area (Å²) in [5, 5.41) is 3.19. The molecule has 3 aromatic rings. The zero-order valence-corrected chi connectivity index (χ0v) is 13.9. The topological polar surface area (TPSA) is 55.4 Å². The van der Waals surface area contributed by atoms with Crippen molar-refractivity contribution in [2.75, 3.05) is 12.4 Å². The van der Waals surface area contributed by atoms with E-state index in [0.29, 0.717) is 31.8 Å². The number of ether oxygens (including phenoxy) is 1. The van der Waals surface area contributed by atoms with Gasteiger partial charge in [0.2, 0.25) is 0 Å². The van der Waals surface area contributed by atoms with E-state index in [2.05, 4.69) is 5.32 Å². The molecule has 0 saturated carbocycles. The third kappa shape index (κ3) is 2.88. The van der Waals surface area contributed by atoms with Crippen LogP contribution in [0.5, 0.6) is 0 Å². The molecule has 3 rings (SSSR count). The van der Waals surface area contributed by atoms with Crippen LogP contribution >= 0.6 is 11.3 Å². The van der Waals surface area contributed by atoms with Crippen LogP contribution in [0.3, 0.4) is 0 Å². The first kappa shape index (κ1) is 16.1. The Morgan fingerprint density at radius 2 is 1.92 bits per heavy atom. The van der Waals surface area contributed by atoms with Crippen molar-refractivity contribution in [2.45, 2.75) is 6.92 Å². The summed E-state index contributed by atoms with van der Waals surface area (Å²) in [6.07, 6.45) is 0. The summed E-state index contributed by atoms with van der Waals surface area (Å²) in [4.78, 5) is 24.6. The number of halogens is 1. The van der Waals surface area contributed by atoms with Gasteiger partial charge in [0.1, 0.15) is 5.82 Å². The van der Waals surface area contributed by atoms with E-state index >= 15 is 0 Å². The van der Waals surface area contributed by atoms with Crippen LogP contribution < -0.4 is 5.32 Å². The molecule has 0 saturated heterocycles. The molecule has 0 fully saturated rings. The van der Waals surface area contributed by atoms with E-state index in [-0.39, 0.29) is 11.7 Å². The van der Waals surface area contributed by atoms with Gasteiger partial charge in [0.05, 0.1) is 17.6 Å². The number of carbonyl (C=O) groups excluding carboxylic acids is 2. The van der Waals surface area contributed by atoms with Crippen LogP contribution in [0.15, 0.2) is 42.5 Å². The standard InChI is InChI=1S/C18H14FNO3S/c1-10-11(18(22)23-2)5-3-7-14(10)20-17(21)16-9-12-13(19)6-4-8-15(12)24-16/h3-9H,1-2H3,(H,20,21). The van der Waals surface area contributed by atoms with Crippen molar-refractivity contribution >= 4 is 39.0 Å². The summed E-state index contributed by atoms with van der Waals surface area (Å²) in [6, 6.07) is 11.3. The lowest BCUT2D eigenvalue weighted by Crippen LogP contribution is -2.13. The largest absolute Gasteiger partial charge is 0.465 e. The molecule has 1 N–H and O–H groups in total. The predicted molar refractivity (Wildman–Crippen MR) is 92.3 cm³/mol. The summed E-state index contributed by atoms with van der Waals surface area (Å²) < 4.78 is 19.2. The Kier molecular flexibility index (Phi) is 4.31. The van der Waals surface area contributed by atoms with E-state index in [1.165, 1.54) is 30.6 Å². The number of hydrogen-bond donors (Lipinski definition) is 1. The van der Waals surface area contributed by atoms with Crippen LogP contribution in [0, 0.1) is 12.7 Å². The van der Waals surface area contributed by atoms with E-state index in [1.54, 1.807) is 37.3 Å². The van der Waals surface area contributed by atoms with Gasteiger partial charge < -0.3 is 10.1 Å². The van der Waals surface area contributed by atoms with E-state index in [9.17, 15) is 14.0 Å². The van der Waals surface area contributed by atoms with E-state index in [4.69, 9.17) is 4.74 Å². The Morgan fingerprint density at radius 3 is 2.62 bits per heavy atom. The molecule has 122 valence electrons. The lowest BCUT2D eigenvalue weighted by Gasteiger charge is -2.10. The van der Waals surface area contributed by atoms with Crippen LogP contribution in [0.1, 0.15) is 25.6 Å². The number of esters is 1. The first-order chi connectivity index (χ1) is 11.5. The number of anilines is 1. The molecule has 4 nitrogen and oxygen atoms in total. The molecule has 2 aromatic carbocycles. The number of thiophene rings is 1. The third-order valence-electron chi connectivity index (χ3n) is 3.72. The SMILES string of the molecule is COC(=O)c1cccc(NC(=O)c2cc3c(F)cccc3s2)c1C. The number of benzene rings is 2. The Morgan fingerprint density at radius 1 is 1.17 bits per heavy atom. The molecule has 0 aliphatic rings. The van der Waals surface area contributed by atoms with Crippen molar-refractivity contribution in [1.29, 1.82) is 0 Å². The van der Waals surface area contributed by atoms with Crippen molar-refractivity contribution in [3.8, 4) is 0 Å². The van der Waals surface area contributed by atoms with Gasteiger partial charge in [-0.05, 0) is 42.8 Å². The van der Waals surface area contributed by atoms with Gasteiger partial charge >= 0.3 is 5.97 Å². The fourth-order valence-electron chi connectivity index (χ4n) is 2.42. The second-order valence-electron chi connectivity index (χ2n) is 5.19. The molecule has 24 heavy (non-hydrogen) atoms. The number of carbonyl (C=O) groups is 2. The summed E-state index contributed by atoms with van der Waals surface area (Å²) in [5.41, 5.74) is 1.52. The molecule has 0 bridgehead atoms. The Labute approximate surface area is 141 Å². The maximum Gasteiger partial charge on any atom is 0.338 e. The highest BCUT2D eigenvalue weighted by atomic mass is 32.1. The van der Waals surface area contributed by atoms with Gasteiger partial charge in [0.25, 0.3) is 5.91 Å². The predicted octanol–water partition coefficient (Wildman–Crippen LogP) is 4.39. The highest BCUT2D eigenvalue weighted by molar-refractivity contribution is 7.20. The average molecular weight is 343 g/mol. The number of methoxy groups -OCH3 is 1. The van der Waals surface area contributed by atoms with Crippen LogP contribution in [0.2, 0.25) is 0 Å². The molecular weight excluding hydrogens is 329 g/mol. The molecule has 0 atom stereocenters. The fraction of sp³-hybridized carbons (Fsp3) is 0.111. The number of amides is 1. The maximum atomic E-state index is 13.8. The fourth-order valence-corrected chi connectivity index (χ4v) is 3.39. The molecule has 0 radical (unpaired) electrons. The second kappa shape index (κ2) is 6.41. The minimum Gasteiger partial charge on any atom is -0.465 e. The molecule has 0 aliphatic carbocycles.